The molecule has 27 heavy (non-hydrogen) atoms. The molecule has 0 aliphatic heterocycles. The third-order valence-corrected chi connectivity index (χ3v) is 5.09. The van der Waals surface area contributed by atoms with Crippen molar-refractivity contribution in [2.75, 3.05) is 35.0 Å². The molecule has 2 rings (SSSR count). The maximum absolute atomic E-state index is 12.9. The predicted octanol–water partition coefficient (Wildman–Crippen LogP) is 2.38. The average molecular weight is 375 g/mol. The Morgan fingerprint density at radius 1 is 1.11 bits per heavy atom. The molecular weight excluding hydrogens is 350 g/mol. The SMILES string of the molecule is CCOC(=O)[C@]1(C#N)[C@@H](/C=C\c2ccccc2)C(OC)(OC)C1(OC)OC. The summed E-state index contributed by atoms with van der Waals surface area (Å²) < 4.78 is 27.5. The molecule has 0 saturated heterocycles. The maximum atomic E-state index is 12.9. The number of esters is 1. The molecule has 0 bridgehead atoms. The van der Waals surface area contributed by atoms with Crippen LogP contribution in [-0.4, -0.2) is 52.6 Å². The van der Waals surface area contributed by atoms with Gasteiger partial charge in [-0.1, -0.05) is 42.5 Å². The molecular formula is C20H25NO6. The highest BCUT2D eigenvalue weighted by Crippen LogP contribution is 2.66. The highest BCUT2D eigenvalue weighted by Gasteiger charge is 2.88. The molecule has 1 aliphatic carbocycles. The summed E-state index contributed by atoms with van der Waals surface area (Å²) in [5.41, 5.74) is -0.925. The number of benzene rings is 1. The zero-order chi connectivity index (χ0) is 20.1. The van der Waals surface area contributed by atoms with Crippen LogP contribution in [0.15, 0.2) is 36.4 Å². The van der Waals surface area contributed by atoms with E-state index in [0.717, 1.165) is 5.56 Å². The number of carbonyl (C=O) groups excluding carboxylic acids is 1. The van der Waals surface area contributed by atoms with Gasteiger partial charge in [-0.25, -0.2) is 0 Å². The summed E-state index contributed by atoms with van der Waals surface area (Å²) in [6.07, 6.45) is 3.48. The second kappa shape index (κ2) is 8.19. The van der Waals surface area contributed by atoms with E-state index >= 15 is 0 Å². The van der Waals surface area contributed by atoms with Crippen LogP contribution in [0.5, 0.6) is 0 Å². The standard InChI is InChI=1S/C20H25NO6/c1-6-27-17(22)18(14-21)16(13-12-15-10-8-7-9-11-15)19(23-2,24-3)20(18,25-4)26-5/h7-13,16H,6H2,1-5H3/b13-12-/t16-,18+/m1/s1. The van der Waals surface area contributed by atoms with E-state index in [1.807, 2.05) is 30.3 Å². The molecule has 0 unspecified atom stereocenters. The summed E-state index contributed by atoms with van der Waals surface area (Å²) in [4.78, 5) is 12.9. The normalized spacial score (nSPS) is 25.6. The highest BCUT2D eigenvalue weighted by atomic mass is 16.8. The molecule has 0 aromatic heterocycles. The number of nitrogens with zero attached hydrogens (tertiary/aromatic N) is 1. The van der Waals surface area contributed by atoms with E-state index in [1.165, 1.54) is 28.4 Å². The first-order valence-electron chi connectivity index (χ1n) is 8.52. The fraction of sp³-hybridized carbons (Fsp3) is 0.500. The van der Waals surface area contributed by atoms with Gasteiger partial charge in [-0.15, -0.1) is 0 Å². The molecule has 1 aromatic rings. The van der Waals surface area contributed by atoms with Crippen molar-refractivity contribution >= 4 is 12.0 Å². The van der Waals surface area contributed by atoms with Gasteiger partial charge in [0.05, 0.1) is 18.6 Å². The van der Waals surface area contributed by atoms with Crippen LogP contribution in [-0.2, 0) is 28.5 Å². The Kier molecular flexibility index (Phi) is 6.39. The van der Waals surface area contributed by atoms with Crippen LogP contribution >= 0.6 is 0 Å². The molecule has 7 nitrogen and oxygen atoms in total. The predicted molar refractivity (Wildman–Crippen MR) is 97.1 cm³/mol. The topological polar surface area (TPSA) is 87.0 Å². The van der Waals surface area contributed by atoms with Gasteiger partial charge in [-0.3, -0.25) is 4.79 Å². The largest absolute Gasteiger partial charge is 0.465 e. The van der Waals surface area contributed by atoms with E-state index < -0.39 is 28.9 Å². The lowest BCUT2D eigenvalue weighted by Gasteiger charge is -2.65. The minimum Gasteiger partial charge on any atom is -0.465 e. The van der Waals surface area contributed by atoms with Gasteiger partial charge in [0, 0.05) is 28.4 Å². The lowest BCUT2D eigenvalue weighted by atomic mass is 9.50. The van der Waals surface area contributed by atoms with E-state index in [0.29, 0.717) is 0 Å². The zero-order valence-electron chi connectivity index (χ0n) is 16.2. The number of hydrogen-bond acceptors (Lipinski definition) is 7. The molecule has 1 fully saturated rings. The molecule has 1 aromatic carbocycles. The molecule has 1 saturated carbocycles. The summed E-state index contributed by atoms with van der Waals surface area (Å²) in [7, 11) is 5.48. The lowest BCUT2D eigenvalue weighted by molar-refractivity contribution is -0.492. The molecule has 0 amide bonds. The zero-order valence-corrected chi connectivity index (χ0v) is 16.2. The molecule has 7 heteroatoms. The molecule has 146 valence electrons. The van der Waals surface area contributed by atoms with Crippen molar-refractivity contribution in [1.29, 1.82) is 5.26 Å². The van der Waals surface area contributed by atoms with Crippen molar-refractivity contribution in [3.05, 3.63) is 42.0 Å². The number of nitriles is 1. The Balaban J connectivity index is 2.65. The molecule has 0 heterocycles. The summed E-state index contributed by atoms with van der Waals surface area (Å²) in [5.74, 6) is -4.94. The average Bonchev–Trinajstić information content (AvgIpc) is 2.70. The molecule has 0 spiro atoms. The first-order chi connectivity index (χ1) is 13.0. The van der Waals surface area contributed by atoms with Crippen molar-refractivity contribution in [1.82, 2.24) is 0 Å². The van der Waals surface area contributed by atoms with Crippen molar-refractivity contribution in [2.24, 2.45) is 11.3 Å². The highest BCUT2D eigenvalue weighted by molar-refractivity contribution is 5.85. The number of rotatable bonds is 8. The molecule has 0 radical (unpaired) electrons. The van der Waals surface area contributed by atoms with Crippen LogP contribution in [0.3, 0.4) is 0 Å². The van der Waals surface area contributed by atoms with Gasteiger partial charge in [0.25, 0.3) is 5.79 Å². The molecule has 0 N–H and O–H groups in total. The first kappa shape index (κ1) is 21.1. The van der Waals surface area contributed by atoms with Gasteiger partial charge >= 0.3 is 5.97 Å². The van der Waals surface area contributed by atoms with Gasteiger partial charge < -0.3 is 23.7 Å². The summed E-state index contributed by atoms with van der Waals surface area (Å²) in [6.45, 7) is 1.77. The minimum atomic E-state index is -1.82. The first-order valence-corrected chi connectivity index (χ1v) is 8.52. The lowest BCUT2D eigenvalue weighted by Crippen LogP contribution is -2.85. The number of ether oxygens (including phenoxy) is 5. The van der Waals surface area contributed by atoms with Gasteiger partial charge in [0.15, 0.2) is 0 Å². The quantitative estimate of drug-likeness (QED) is 0.509. The van der Waals surface area contributed by atoms with Crippen LogP contribution in [0.2, 0.25) is 0 Å². The summed E-state index contributed by atoms with van der Waals surface area (Å²) in [5, 5.41) is 10.1. The van der Waals surface area contributed by atoms with Crippen molar-refractivity contribution < 1.29 is 28.5 Å². The minimum absolute atomic E-state index is 0.105. The van der Waals surface area contributed by atoms with Gasteiger partial charge in [-0.2, -0.15) is 5.26 Å². The van der Waals surface area contributed by atoms with E-state index in [1.54, 1.807) is 19.1 Å². The van der Waals surface area contributed by atoms with Crippen LogP contribution in [0.4, 0.5) is 0 Å². The van der Waals surface area contributed by atoms with Crippen LogP contribution in [0.1, 0.15) is 12.5 Å². The van der Waals surface area contributed by atoms with E-state index in [2.05, 4.69) is 6.07 Å². The Bertz CT molecular complexity index is 718. The summed E-state index contributed by atoms with van der Waals surface area (Å²) in [6, 6.07) is 11.5. The van der Waals surface area contributed by atoms with Crippen molar-refractivity contribution in [3.8, 4) is 6.07 Å². The van der Waals surface area contributed by atoms with Crippen LogP contribution in [0, 0.1) is 22.7 Å². The Hall–Kier alpha value is -2.24. The van der Waals surface area contributed by atoms with Crippen LogP contribution < -0.4 is 0 Å². The smallest absolute Gasteiger partial charge is 0.333 e. The van der Waals surface area contributed by atoms with Gasteiger partial charge in [0.2, 0.25) is 11.2 Å². The summed E-state index contributed by atoms with van der Waals surface area (Å²) >= 11 is 0. The Labute approximate surface area is 159 Å². The van der Waals surface area contributed by atoms with Gasteiger partial charge in [0.1, 0.15) is 0 Å². The fourth-order valence-corrected chi connectivity index (χ4v) is 3.92. The molecule has 1 aliphatic rings. The number of hydrogen-bond donors (Lipinski definition) is 0. The fourth-order valence-electron chi connectivity index (χ4n) is 3.92. The monoisotopic (exact) mass is 375 g/mol. The van der Waals surface area contributed by atoms with Crippen molar-refractivity contribution in [2.45, 2.75) is 18.5 Å². The second-order valence-corrected chi connectivity index (χ2v) is 5.99. The Morgan fingerprint density at radius 2 is 1.70 bits per heavy atom. The molecule has 2 atom stereocenters. The third-order valence-electron chi connectivity index (χ3n) is 5.09. The van der Waals surface area contributed by atoms with E-state index in [-0.39, 0.29) is 6.61 Å². The van der Waals surface area contributed by atoms with Crippen molar-refractivity contribution in [3.63, 3.8) is 0 Å². The van der Waals surface area contributed by atoms with Gasteiger partial charge in [-0.05, 0) is 12.5 Å². The van der Waals surface area contributed by atoms with Crippen LogP contribution in [0.25, 0.3) is 6.08 Å². The van der Waals surface area contributed by atoms with E-state index in [4.69, 9.17) is 23.7 Å². The van der Waals surface area contributed by atoms with E-state index in [9.17, 15) is 10.1 Å². The third kappa shape index (κ3) is 2.68. The number of carbonyl (C=O) groups is 1. The second-order valence-electron chi connectivity index (χ2n) is 5.99. The number of methoxy groups -OCH3 is 4. The Morgan fingerprint density at radius 3 is 2.15 bits per heavy atom. The maximum Gasteiger partial charge on any atom is 0.333 e.